The second kappa shape index (κ2) is 5.66. The smallest absolute Gasteiger partial charge is 0.254 e. The van der Waals surface area contributed by atoms with Crippen LogP contribution in [0.15, 0.2) is 30.5 Å². The number of ether oxygens (including phenoxy) is 2. The number of benzene rings is 1. The predicted octanol–water partition coefficient (Wildman–Crippen LogP) is 1.27. The number of nitrogens with zero attached hydrogens (tertiary/aromatic N) is 4. The predicted molar refractivity (Wildman–Crippen MR) is 81.2 cm³/mol. The number of rotatable bonds is 2. The van der Waals surface area contributed by atoms with Crippen molar-refractivity contribution < 1.29 is 14.3 Å². The van der Waals surface area contributed by atoms with Gasteiger partial charge in [-0.2, -0.15) is 0 Å². The summed E-state index contributed by atoms with van der Waals surface area (Å²) in [6.45, 7) is 1.80. The van der Waals surface area contributed by atoms with E-state index < -0.39 is 0 Å². The number of hydrogen-bond acceptors (Lipinski definition) is 5. The lowest BCUT2D eigenvalue weighted by Gasteiger charge is -2.41. The highest BCUT2D eigenvalue weighted by Crippen LogP contribution is 2.30. The minimum atomic E-state index is 0.00888. The maximum absolute atomic E-state index is 12.8. The maximum atomic E-state index is 12.8. The van der Waals surface area contributed by atoms with E-state index in [-0.39, 0.29) is 18.1 Å². The second-order valence-electron chi connectivity index (χ2n) is 5.86. The van der Waals surface area contributed by atoms with Gasteiger partial charge < -0.3 is 14.4 Å². The van der Waals surface area contributed by atoms with Crippen molar-refractivity contribution in [2.45, 2.75) is 25.2 Å². The second-order valence-corrected chi connectivity index (χ2v) is 5.86. The van der Waals surface area contributed by atoms with Gasteiger partial charge >= 0.3 is 0 Å². The maximum Gasteiger partial charge on any atom is 0.254 e. The van der Waals surface area contributed by atoms with Crippen molar-refractivity contribution in [3.8, 4) is 5.75 Å². The van der Waals surface area contributed by atoms with E-state index in [1.54, 1.807) is 19.4 Å². The third-order valence-electron chi connectivity index (χ3n) is 4.53. The summed E-state index contributed by atoms with van der Waals surface area (Å²) in [5, 5.41) is 8.12. The third-order valence-corrected chi connectivity index (χ3v) is 4.53. The molecular weight excluding hydrogens is 296 g/mol. The van der Waals surface area contributed by atoms with E-state index in [9.17, 15) is 4.79 Å². The number of amides is 1. The van der Waals surface area contributed by atoms with Crippen molar-refractivity contribution in [2.24, 2.45) is 0 Å². The number of fused-ring (bicyclic) bond motifs is 3. The Labute approximate surface area is 133 Å². The number of methoxy groups -OCH3 is 1. The molecule has 0 saturated carbocycles. The van der Waals surface area contributed by atoms with Crippen molar-refractivity contribution in [3.63, 3.8) is 0 Å². The van der Waals surface area contributed by atoms with Gasteiger partial charge in [0.25, 0.3) is 5.91 Å². The molecule has 2 aromatic rings. The largest absolute Gasteiger partial charge is 0.497 e. The van der Waals surface area contributed by atoms with Crippen molar-refractivity contribution in [3.05, 3.63) is 41.7 Å². The lowest BCUT2D eigenvalue weighted by atomic mass is 9.99. The molecule has 1 fully saturated rings. The zero-order valence-electron chi connectivity index (χ0n) is 12.9. The third kappa shape index (κ3) is 2.46. The van der Waals surface area contributed by atoms with Crippen LogP contribution in [0.2, 0.25) is 0 Å². The minimum Gasteiger partial charge on any atom is -0.497 e. The molecule has 7 nitrogen and oxygen atoms in total. The van der Waals surface area contributed by atoms with Crippen LogP contribution in [0, 0.1) is 0 Å². The fourth-order valence-electron chi connectivity index (χ4n) is 3.30. The summed E-state index contributed by atoms with van der Waals surface area (Å²) in [5.74, 6) is 0.694. The van der Waals surface area contributed by atoms with Crippen LogP contribution >= 0.6 is 0 Å². The van der Waals surface area contributed by atoms with Gasteiger partial charge in [-0.25, -0.2) is 4.68 Å². The van der Waals surface area contributed by atoms with Crippen molar-refractivity contribution in [1.29, 1.82) is 0 Å². The van der Waals surface area contributed by atoms with Gasteiger partial charge in [0.15, 0.2) is 0 Å². The monoisotopic (exact) mass is 314 g/mol. The van der Waals surface area contributed by atoms with Gasteiger partial charge in [-0.15, -0.1) is 5.10 Å². The summed E-state index contributed by atoms with van der Waals surface area (Å²) in [6.07, 6.45) is 2.62. The molecule has 1 saturated heterocycles. The Morgan fingerprint density at radius 3 is 3.22 bits per heavy atom. The molecule has 0 N–H and O–H groups in total. The molecule has 2 aliphatic rings. The van der Waals surface area contributed by atoms with Crippen LogP contribution in [0.3, 0.4) is 0 Å². The van der Waals surface area contributed by atoms with Crippen LogP contribution in [-0.2, 0) is 11.3 Å². The molecule has 0 unspecified atom stereocenters. The molecule has 1 aromatic carbocycles. The van der Waals surface area contributed by atoms with Gasteiger partial charge in [0.1, 0.15) is 5.75 Å². The molecule has 0 radical (unpaired) electrons. The quantitative estimate of drug-likeness (QED) is 0.835. The minimum absolute atomic E-state index is 0.00888. The SMILES string of the molecule is COc1cccc(C(=O)N2CC[C@H]3OCc4cnnn4[C@H]3C2)c1. The van der Waals surface area contributed by atoms with E-state index in [0.717, 1.165) is 12.1 Å². The lowest BCUT2D eigenvalue weighted by molar-refractivity contribution is -0.0605. The fourth-order valence-corrected chi connectivity index (χ4v) is 3.30. The molecule has 0 bridgehead atoms. The van der Waals surface area contributed by atoms with Gasteiger partial charge in [-0.05, 0) is 24.6 Å². The first-order valence-electron chi connectivity index (χ1n) is 7.70. The molecule has 120 valence electrons. The van der Waals surface area contributed by atoms with Gasteiger partial charge in [0.05, 0.1) is 37.8 Å². The Kier molecular flexibility index (Phi) is 3.49. The van der Waals surface area contributed by atoms with Crippen molar-refractivity contribution >= 4 is 5.91 Å². The Morgan fingerprint density at radius 2 is 2.35 bits per heavy atom. The average molecular weight is 314 g/mol. The number of likely N-dealkylation sites (tertiary alicyclic amines) is 1. The van der Waals surface area contributed by atoms with Crippen molar-refractivity contribution in [1.82, 2.24) is 19.9 Å². The lowest BCUT2D eigenvalue weighted by Crippen LogP contribution is -2.49. The summed E-state index contributed by atoms with van der Waals surface area (Å²) >= 11 is 0. The van der Waals surface area contributed by atoms with Crippen LogP contribution in [-0.4, -0.2) is 52.1 Å². The van der Waals surface area contributed by atoms with E-state index in [1.807, 2.05) is 27.8 Å². The van der Waals surface area contributed by atoms with E-state index in [2.05, 4.69) is 10.3 Å². The Hall–Kier alpha value is -2.41. The highest BCUT2D eigenvalue weighted by Gasteiger charge is 2.38. The van der Waals surface area contributed by atoms with E-state index in [1.165, 1.54) is 0 Å². The molecule has 0 spiro atoms. The molecule has 4 rings (SSSR count). The molecular formula is C16H18N4O3. The van der Waals surface area contributed by atoms with Gasteiger partial charge in [0, 0.05) is 18.7 Å². The Balaban J connectivity index is 1.56. The molecule has 1 aromatic heterocycles. The zero-order chi connectivity index (χ0) is 15.8. The highest BCUT2D eigenvalue weighted by molar-refractivity contribution is 5.94. The van der Waals surface area contributed by atoms with Crippen molar-refractivity contribution in [2.75, 3.05) is 20.2 Å². The number of hydrogen-bond donors (Lipinski definition) is 0. The fraction of sp³-hybridized carbons (Fsp3) is 0.438. The van der Waals surface area contributed by atoms with Crippen LogP contribution < -0.4 is 4.74 Å². The topological polar surface area (TPSA) is 69.5 Å². The van der Waals surface area contributed by atoms with E-state index in [4.69, 9.17) is 9.47 Å². The molecule has 1 amide bonds. The van der Waals surface area contributed by atoms with Crippen LogP contribution in [0.25, 0.3) is 0 Å². The van der Waals surface area contributed by atoms with Crippen LogP contribution in [0.5, 0.6) is 5.75 Å². The highest BCUT2D eigenvalue weighted by atomic mass is 16.5. The molecule has 0 aliphatic carbocycles. The number of carbonyl (C=O) groups is 1. The normalized spacial score (nSPS) is 23.1. The zero-order valence-corrected chi connectivity index (χ0v) is 12.9. The number of aromatic nitrogens is 3. The van der Waals surface area contributed by atoms with E-state index in [0.29, 0.717) is 31.0 Å². The van der Waals surface area contributed by atoms with Gasteiger partial charge in [-0.3, -0.25) is 4.79 Å². The molecule has 2 atom stereocenters. The number of piperidine rings is 1. The molecule has 2 aliphatic heterocycles. The van der Waals surface area contributed by atoms with Crippen LogP contribution in [0.1, 0.15) is 28.5 Å². The molecule has 23 heavy (non-hydrogen) atoms. The Bertz CT molecular complexity index is 730. The summed E-state index contributed by atoms with van der Waals surface area (Å²) in [4.78, 5) is 14.6. The molecule has 3 heterocycles. The van der Waals surface area contributed by atoms with E-state index >= 15 is 0 Å². The average Bonchev–Trinajstić information content (AvgIpc) is 3.10. The first kappa shape index (κ1) is 14.2. The van der Waals surface area contributed by atoms with Crippen LogP contribution in [0.4, 0.5) is 0 Å². The summed E-state index contributed by atoms with van der Waals surface area (Å²) in [7, 11) is 1.60. The summed E-state index contributed by atoms with van der Waals surface area (Å²) in [5.41, 5.74) is 1.60. The molecule has 7 heteroatoms. The Morgan fingerprint density at radius 1 is 1.43 bits per heavy atom. The summed E-state index contributed by atoms with van der Waals surface area (Å²) < 4.78 is 13.0. The first-order valence-corrected chi connectivity index (χ1v) is 7.70. The standard InChI is InChI=1S/C16H18N4O3/c1-22-13-4-2-3-11(7-13)16(21)19-6-5-15-14(9-19)20-12(10-23-15)8-17-18-20/h2-4,7-8,14-15H,5-6,9-10H2,1H3/t14-,15+/m0/s1. The summed E-state index contributed by atoms with van der Waals surface area (Å²) in [6, 6.07) is 7.28. The van der Waals surface area contributed by atoms with Gasteiger partial charge in [0.2, 0.25) is 0 Å². The van der Waals surface area contributed by atoms with Gasteiger partial charge in [-0.1, -0.05) is 11.3 Å². The first-order chi connectivity index (χ1) is 11.3. The number of carbonyl (C=O) groups excluding carboxylic acids is 1.